The molecule has 1 aromatic carbocycles. The third-order valence-electron chi connectivity index (χ3n) is 2.50. The third-order valence-corrected chi connectivity index (χ3v) is 4.31. The van der Waals surface area contributed by atoms with E-state index < -0.39 is 15.7 Å². The molecule has 1 unspecified atom stereocenters. The lowest BCUT2D eigenvalue weighted by Gasteiger charge is -2.27. The molecule has 0 amide bonds. The molecule has 0 saturated carbocycles. The van der Waals surface area contributed by atoms with E-state index in [1.165, 1.54) is 18.2 Å². The molecule has 1 heterocycles. The van der Waals surface area contributed by atoms with Crippen molar-refractivity contribution < 1.29 is 12.8 Å². The molecular weight excluding hydrogens is 217 g/mol. The maximum atomic E-state index is 12.9. The highest BCUT2D eigenvalue weighted by Crippen LogP contribution is 2.16. The zero-order valence-corrected chi connectivity index (χ0v) is 8.93. The zero-order chi connectivity index (χ0) is 10.9. The Morgan fingerprint density at radius 2 is 2.20 bits per heavy atom. The van der Waals surface area contributed by atoms with Crippen LogP contribution in [0, 0.1) is 5.82 Å². The van der Waals surface area contributed by atoms with Crippen molar-refractivity contribution >= 4 is 9.84 Å². The lowest BCUT2D eigenvalue weighted by atomic mass is 10.1. The van der Waals surface area contributed by atoms with Gasteiger partial charge in [-0.3, -0.25) is 0 Å². The number of hydrogen-bond acceptors (Lipinski definition) is 3. The molecule has 3 nitrogen and oxygen atoms in total. The fourth-order valence-electron chi connectivity index (χ4n) is 1.51. The maximum absolute atomic E-state index is 12.9. The summed E-state index contributed by atoms with van der Waals surface area (Å²) in [5, 5.41) is 3.01. The highest BCUT2D eigenvalue weighted by molar-refractivity contribution is 7.91. The monoisotopic (exact) mass is 229 g/mol. The summed E-state index contributed by atoms with van der Waals surface area (Å²) in [6.07, 6.45) is 0.870. The molecule has 15 heavy (non-hydrogen) atoms. The molecule has 1 saturated heterocycles. The zero-order valence-electron chi connectivity index (χ0n) is 8.11. The van der Waals surface area contributed by atoms with Crippen molar-refractivity contribution in [1.82, 2.24) is 5.32 Å². The number of halogens is 1. The van der Waals surface area contributed by atoms with Crippen LogP contribution in [-0.2, 0) is 9.84 Å². The fraction of sp³-hybridized carbons (Fsp3) is 0.400. The minimum atomic E-state index is -3.35. The summed E-state index contributed by atoms with van der Waals surface area (Å²) in [6, 6.07) is 5.17. The number of rotatable bonds is 3. The van der Waals surface area contributed by atoms with Crippen LogP contribution < -0.4 is 5.32 Å². The van der Waals surface area contributed by atoms with E-state index in [9.17, 15) is 12.8 Å². The van der Waals surface area contributed by atoms with E-state index in [1.807, 2.05) is 0 Å². The van der Waals surface area contributed by atoms with Crippen molar-refractivity contribution in [3.05, 3.63) is 30.1 Å². The van der Waals surface area contributed by atoms with E-state index in [1.54, 1.807) is 0 Å². The largest absolute Gasteiger partial charge is 0.313 e. The van der Waals surface area contributed by atoms with Crippen LogP contribution in [0.3, 0.4) is 0 Å². The molecule has 1 aliphatic rings. The summed E-state index contributed by atoms with van der Waals surface area (Å²) in [5.74, 6) is -0.464. The summed E-state index contributed by atoms with van der Waals surface area (Å²) in [7, 11) is -3.35. The van der Waals surface area contributed by atoms with Crippen molar-refractivity contribution in [2.24, 2.45) is 0 Å². The molecule has 0 spiro atoms. The maximum Gasteiger partial charge on any atom is 0.180 e. The van der Waals surface area contributed by atoms with Gasteiger partial charge in [-0.2, -0.15) is 0 Å². The van der Waals surface area contributed by atoms with Gasteiger partial charge in [0.2, 0.25) is 0 Å². The van der Waals surface area contributed by atoms with E-state index >= 15 is 0 Å². The van der Waals surface area contributed by atoms with Crippen LogP contribution in [-0.4, -0.2) is 26.8 Å². The third kappa shape index (κ3) is 2.35. The van der Waals surface area contributed by atoms with Crippen LogP contribution in [0.1, 0.15) is 6.42 Å². The molecule has 1 fully saturated rings. The lowest BCUT2D eigenvalue weighted by Crippen LogP contribution is -2.47. The Kier molecular flexibility index (Phi) is 2.75. The van der Waals surface area contributed by atoms with Gasteiger partial charge in [0, 0.05) is 6.04 Å². The first-order chi connectivity index (χ1) is 7.08. The summed E-state index contributed by atoms with van der Waals surface area (Å²) in [6.45, 7) is 0.864. The highest BCUT2D eigenvalue weighted by atomic mass is 32.2. The lowest BCUT2D eigenvalue weighted by molar-refractivity contribution is 0.398. The van der Waals surface area contributed by atoms with E-state index in [4.69, 9.17) is 0 Å². The number of benzene rings is 1. The molecule has 82 valence electrons. The first kappa shape index (κ1) is 10.6. The predicted molar refractivity (Wildman–Crippen MR) is 54.9 cm³/mol. The van der Waals surface area contributed by atoms with Crippen LogP contribution >= 0.6 is 0 Å². The average Bonchev–Trinajstić information content (AvgIpc) is 2.12. The molecule has 1 N–H and O–H groups in total. The van der Waals surface area contributed by atoms with E-state index in [0.29, 0.717) is 0 Å². The smallest absolute Gasteiger partial charge is 0.180 e. The molecule has 1 atom stereocenters. The molecule has 1 aromatic rings. The normalized spacial score (nSPS) is 21.0. The van der Waals surface area contributed by atoms with E-state index in [2.05, 4.69) is 5.32 Å². The van der Waals surface area contributed by atoms with Gasteiger partial charge in [-0.25, -0.2) is 12.8 Å². The van der Waals surface area contributed by atoms with Gasteiger partial charge in [-0.15, -0.1) is 0 Å². The second-order valence-corrected chi connectivity index (χ2v) is 5.71. The molecule has 0 bridgehead atoms. The van der Waals surface area contributed by atoms with Crippen LogP contribution in [0.5, 0.6) is 0 Å². The molecule has 5 heteroatoms. The fourth-order valence-corrected chi connectivity index (χ4v) is 3.10. The van der Waals surface area contributed by atoms with Crippen molar-refractivity contribution in [3.63, 3.8) is 0 Å². The Balaban J connectivity index is 2.20. The molecule has 0 aromatic heterocycles. The summed E-state index contributed by atoms with van der Waals surface area (Å²) in [5.41, 5.74) is 0. The Hall–Kier alpha value is -0.940. The SMILES string of the molecule is O=S(=O)(CC1CCN1)c1cccc(F)c1. The molecule has 2 rings (SSSR count). The predicted octanol–water partition coefficient (Wildman–Crippen LogP) is 0.961. The van der Waals surface area contributed by atoms with Gasteiger partial charge in [0.15, 0.2) is 9.84 Å². The molecule has 0 radical (unpaired) electrons. The summed E-state index contributed by atoms with van der Waals surface area (Å²) in [4.78, 5) is 0.0659. The first-order valence-electron chi connectivity index (χ1n) is 4.80. The number of sulfone groups is 1. The summed E-state index contributed by atoms with van der Waals surface area (Å²) < 4.78 is 36.4. The van der Waals surface area contributed by atoms with Gasteiger partial charge in [0.05, 0.1) is 10.6 Å². The van der Waals surface area contributed by atoms with Crippen LogP contribution in [0.25, 0.3) is 0 Å². The minimum absolute atomic E-state index is 0.0262. The van der Waals surface area contributed by atoms with Crippen LogP contribution in [0.15, 0.2) is 29.2 Å². The van der Waals surface area contributed by atoms with Crippen molar-refractivity contribution in [1.29, 1.82) is 0 Å². The number of nitrogens with one attached hydrogen (secondary N) is 1. The average molecular weight is 229 g/mol. The Bertz CT molecular complexity index is 454. The highest BCUT2D eigenvalue weighted by Gasteiger charge is 2.25. The second kappa shape index (κ2) is 3.90. The van der Waals surface area contributed by atoms with Gasteiger partial charge in [-0.05, 0) is 31.2 Å². The van der Waals surface area contributed by atoms with E-state index in [-0.39, 0.29) is 16.7 Å². The van der Waals surface area contributed by atoms with Crippen molar-refractivity contribution in [2.45, 2.75) is 17.4 Å². The van der Waals surface area contributed by atoms with Gasteiger partial charge in [-0.1, -0.05) is 6.07 Å². The van der Waals surface area contributed by atoms with Crippen molar-refractivity contribution in [2.75, 3.05) is 12.3 Å². The Labute approximate surface area is 88.2 Å². The Morgan fingerprint density at radius 1 is 1.47 bits per heavy atom. The van der Waals surface area contributed by atoms with Gasteiger partial charge in [0.1, 0.15) is 5.82 Å². The molecule has 0 aliphatic carbocycles. The topological polar surface area (TPSA) is 46.2 Å². The Morgan fingerprint density at radius 3 is 2.73 bits per heavy atom. The van der Waals surface area contributed by atoms with Crippen LogP contribution in [0.4, 0.5) is 4.39 Å². The van der Waals surface area contributed by atoms with Gasteiger partial charge < -0.3 is 5.32 Å². The molecule has 1 aliphatic heterocycles. The second-order valence-electron chi connectivity index (χ2n) is 3.68. The van der Waals surface area contributed by atoms with Gasteiger partial charge in [0.25, 0.3) is 0 Å². The summed E-state index contributed by atoms with van der Waals surface area (Å²) >= 11 is 0. The van der Waals surface area contributed by atoms with Crippen LogP contribution in [0.2, 0.25) is 0 Å². The minimum Gasteiger partial charge on any atom is -0.313 e. The quantitative estimate of drug-likeness (QED) is 0.839. The first-order valence-corrected chi connectivity index (χ1v) is 6.45. The molecular formula is C10H12FNO2S. The van der Waals surface area contributed by atoms with E-state index in [0.717, 1.165) is 19.0 Å². The van der Waals surface area contributed by atoms with Gasteiger partial charge >= 0.3 is 0 Å². The number of hydrogen-bond donors (Lipinski definition) is 1. The standard InChI is InChI=1S/C10H12FNO2S/c11-8-2-1-3-10(6-8)15(13,14)7-9-4-5-12-9/h1-3,6,9,12H,4-5,7H2. The van der Waals surface area contributed by atoms with Crippen molar-refractivity contribution in [3.8, 4) is 0 Å².